The summed E-state index contributed by atoms with van der Waals surface area (Å²) in [6.45, 7) is 6.88. The Morgan fingerprint density at radius 1 is 0.676 bits per heavy atom. The molecule has 0 aliphatic heterocycles. The molecule has 5 heteroatoms. The van der Waals surface area contributed by atoms with Gasteiger partial charge in [-0.25, -0.2) is 0 Å². The molecule has 166 valence electrons. The highest BCUT2D eigenvalue weighted by atomic mass is 16.4. The van der Waals surface area contributed by atoms with Gasteiger partial charge in [0.15, 0.2) is 0 Å². The van der Waals surface area contributed by atoms with Crippen molar-refractivity contribution in [2.75, 3.05) is 0 Å². The highest BCUT2D eigenvalue weighted by Gasteiger charge is 2.11. The van der Waals surface area contributed by atoms with Crippen molar-refractivity contribution in [3.05, 3.63) is 0 Å². The van der Waals surface area contributed by atoms with Gasteiger partial charge in [-0.05, 0) is 129 Å². The highest BCUT2D eigenvalue weighted by molar-refractivity contribution is 5.77. The minimum Gasteiger partial charge on any atom is -0.480 e. The summed E-state index contributed by atoms with van der Waals surface area (Å²) in [6.07, 6.45) is -6.82. The van der Waals surface area contributed by atoms with Crippen LogP contribution < -0.4 is 11.5 Å². The molecule has 0 rings (SSSR count). The van der Waals surface area contributed by atoms with Crippen LogP contribution in [0.2, 0.25) is 0 Å². The van der Waals surface area contributed by atoms with Gasteiger partial charge in [-0.1, -0.05) is 23.7 Å². The van der Waals surface area contributed by atoms with Crippen LogP contribution in [0.15, 0.2) is 0 Å². The van der Waals surface area contributed by atoms with Crippen molar-refractivity contribution < 1.29 is 21.5 Å². The molecule has 34 heavy (non-hydrogen) atoms. The average Bonchev–Trinajstić information content (AvgIpc) is 2.87. The second-order valence-corrected chi connectivity index (χ2v) is 4.33. The Balaban J connectivity index is -0.000000503. The lowest BCUT2D eigenvalue weighted by atomic mass is 10.2. The topological polar surface area (TPSA) is 106 Å². The van der Waals surface area contributed by atoms with Crippen molar-refractivity contribution in [1.82, 2.24) is 0 Å². The maximum absolute atomic E-state index is 10.6. The number of primary amides is 1. The van der Waals surface area contributed by atoms with Crippen LogP contribution in [-0.2, 0) is 9.59 Å². The Hall–Kier alpha value is -5.50. The van der Waals surface area contributed by atoms with Crippen molar-refractivity contribution in [2.24, 2.45) is 11.5 Å². The summed E-state index contributed by atoms with van der Waals surface area (Å²) >= 11 is 0. The Morgan fingerprint density at radius 3 is 1.09 bits per heavy atom. The van der Waals surface area contributed by atoms with Gasteiger partial charge in [0.1, 0.15) is 6.02 Å². The number of hydrogen-bond donors (Lipinski definition) is 3. The van der Waals surface area contributed by atoms with E-state index in [0.717, 1.165) is 0 Å². The third-order valence-corrected chi connectivity index (χ3v) is 1.93. The van der Waals surface area contributed by atoms with Crippen molar-refractivity contribution >= 4 is 11.9 Å². The Morgan fingerprint density at radius 2 is 0.912 bits per heavy atom. The quantitative estimate of drug-likeness (QED) is 0.549. The van der Waals surface area contributed by atoms with E-state index < -0.39 is 30.6 Å². The fourth-order valence-electron chi connectivity index (χ4n) is 0.807. The summed E-state index contributed by atoms with van der Waals surface area (Å²) in [5.74, 6) is 47.3. The van der Waals surface area contributed by atoms with E-state index in [2.05, 4.69) is 124 Å². The maximum Gasteiger partial charge on any atom is 0.320 e. The average molecular weight is 452 g/mol. The number of rotatable bonds is 4. The summed E-state index contributed by atoms with van der Waals surface area (Å²) in [6, 6.07) is -3.31. The van der Waals surface area contributed by atoms with Crippen LogP contribution in [0.1, 0.15) is 47.3 Å². The minimum absolute atomic E-state index is 1.72. The molecule has 5 nitrogen and oxygen atoms in total. The fourth-order valence-corrected chi connectivity index (χ4v) is 0.807. The normalized spacial score (nSPS) is 10.3. The van der Waals surface area contributed by atoms with E-state index in [9.17, 15) is 9.59 Å². The first-order chi connectivity index (χ1) is 18.2. The molecule has 0 aliphatic rings. The van der Waals surface area contributed by atoms with E-state index in [1.54, 1.807) is 27.7 Å². The summed E-state index contributed by atoms with van der Waals surface area (Å²) in [7, 11) is 0. The monoisotopic (exact) mass is 451 g/mol. The number of carbonyl (C=O) groups excluding carboxylic acids is 1. The zero-order valence-electron chi connectivity index (χ0n) is 23.9. The standard InChI is InChI=1S/2C12H6.C5H10N2O3/c2*1-3-5-7-9-11-12-10-8-6-4-2;6-3(5(9)10)1-2-4(7)8/h2*1-2H3;3H,1-2,6H2,(H2,7,8)(H,9,10)/i;;1D2,2D2,3D. The molecule has 0 bridgehead atoms. The number of carbonyl (C=O) groups is 2. The molecule has 0 radical (unpaired) electrons. The lowest BCUT2D eigenvalue weighted by Crippen LogP contribution is -2.31. The first-order valence-electron chi connectivity index (χ1n) is 11.2. The van der Waals surface area contributed by atoms with Crippen LogP contribution in [-0.4, -0.2) is 23.0 Å². The van der Waals surface area contributed by atoms with Crippen molar-refractivity contribution in [3.8, 4) is 118 Å². The van der Waals surface area contributed by atoms with E-state index in [1.165, 1.54) is 0 Å². The Labute approximate surface area is 210 Å². The summed E-state index contributed by atoms with van der Waals surface area (Å²) in [5, 5.41) is 8.45. The number of nitrogens with two attached hydrogens (primary N) is 2. The van der Waals surface area contributed by atoms with Gasteiger partial charge >= 0.3 is 5.97 Å². The van der Waals surface area contributed by atoms with Gasteiger partial charge in [0.05, 0.1) is 1.37 Å². The van der Waals surface area contributed by atoms with E-state index in [-0.39, 0.29) is 0 Å². The zero-order valence-corrected chi connectivity index (χ0v) is 18.9. The maximum atomic E-state index is 10.6. The van der Waals surface area contributed by atoms with Gasteiger partial charge in [0.2, 0.25) is 5.91 Å². The molecule has 0 aromatic rings. The van der Waals surface area contributed by atoms with Crippen molar-refractivity contribution in [1.29, 1.82) is 0 Å². The number of hydrogen-bond acceptors (Lipinski definition) is 3. The van der Waals surface area contributed by atoms with Crippen LogP contribution in [0, 0.1) is 118 Å². The molecule has 0 fully saturated rings. The molecule has 1 unspecified atom stereocenters. The summed E-state index contributed by atoms with van der Waals surface area (Å²) < 4.78 is 35.1. The first-order valence-corrected chi connectivity index (χ1v) is 8.71. The molecular formula is C29H22N2O3. The molecule has 0 saturated heterocycles. The second-order valence-electron chi connectivity index (χ2n) is 4.33. The third kappa shape index (κ3) is 37.3. The largest absolute Gasteiger partial charge is 0.480 e. The molecule has 0 heterocycles. The van der Waals surface area contributed by atoms with Gasteiger partial charge in [-0.2, -0.15) is 0 Å². The predicted molar refractivity (Wildman–Crippen MR) is 134 cm³/mol. The molecule has 1 amide bonds. The smallest absolute Gasteiger partial charge is 0.320 e. The minimum atomic E-state index is -3.46. The van der Waals surface area contributed by atoms with E-state index in [0.29, 0.717) is 0 Å². The number of amides is 1. The van der Waals surface area contributed by atoms with Crippen LogP contribution in [0.5, 0.6) is 0 Å². The zero-order chi connectivity index (χ0) is 30.8. The number of carboxylic acids is 1. The second kappa shape index (κ2) is 29.7. The van der Waals surface area contributed by atoms with Gasteiger partial charge in [-0.3, -0.25) is 9.59 Å². The lowest BCUT2D eigenvalue weighted by molar-refractivity contribution is -0.138. The highest BCUT2D eigenvalue weighted by Crippen LogP contribution is 1.92. The first kappa shape index (κ1) is 23.2. The molecular weight excluding hydrogens is 424 g/mol. The molecule has 0 aromatic heterocycles. The van der Waals surface area contributed by atoms with Crippen LogP contribution in [0.3, 0.4) is 0 Å². The van der Waals surface area contributed by atoms with Gasteiger partial charge in [0, 0.05) is 11.9 Å². The SMILES string of the molecule is CC#CC#CC#CC#CC#CC.CC#CC#CC#CC#CC#CC.[2H]C([2H])(C(N)=O)C([2H])([2H])C([2H])(N)C(=O)O. The molecule has 0 saturated carbocycles. The third-order valence-electron chi connectivity index (χ3n) is 1.93. The van der Waals surface area contributed by atoms with Crippen molar-refractivity contribution in [3.63, 3.8) is 0 Å². The molecule has 0 aliphatic carbocycles. The fraction of sp³-hybridized carbons (Fsp3) is 0.241. The van der Waals surface area contributed by atoms with Gasteiger partial charge in [-0.15, -0.1) is 0 Å². The van der Waals surface area contributed by atoms with Crippen LogP contribution in [0.25, 0.3) is 0 Å². The predicted octanol–water partition coefficient (Wildman–Crippen LogP) is 0.750. The van der Waals surface area contributed by atoms with Crippen LogP contribution in [0.4, 0.5) is 0 Å². The molecule has 0 aromatic carbocycles. The van der Waals surface area contributed by atoms with E-state index in [4.69, 9.17) is 17.7 Å². The molecule has 0 spiro atoms. The summed E-state index contributed by atoms with van der Waals surface area (Å²) in [5.41, 5.74) is 9.37. The van der Waals surface area contributed by atoms with Crippen LogP contribution >= 0.6 is 0 Å². The molecule has 1 atom stereocenters. The van der Waals surface area contributed by atoms with Gasteiger partial charge in [0.25, 0.3) is 0 Å². The number of aliphatic carboxylic acids is 1. The lowest BCUT2D eigenvalue weighted by Gasteiger charge is -2.01. The van der Waals surface area contributed by atoms with E-state index in [1.807, 2.05) is 0 Å². The van der Waals surface area contributed by atoms with Crippen molar-refractivity contribution in [2.45, 2.75) is 46.5 Å². The van der Waals surface area contributed by atoms with E-state index >= 15 is 0 Å². The Kier molecular flexibility index (Phi) is 20.2. The number of carboxylic acid groups (broad SMARTS) is 1. The Bertz CT molecular complexity index is 1340. The summed E-state index contributed by atoms with van der Waals surface area (Å²) in [4.78, 5) is 21.1. The van der Waals surface area contributed by atoms with Gasteiger partial charge < -0.3 is 16.6 Å². The molecule has 5 N–H and O–H groups in total.